The normalized spacial score (nSPS) is 10.7. The van der Waals surface area contributed by atoms with Crippen molar-refractivity contribution in [2.24, 2.45) is 5.16 Å². The molecule has 0 aliphatic heterocycles. The predicted octanol–water partition coefficient (Wildman–Crippen LogP) is 2.80. The first-order valence-corrected chi connectivity index (χ1v) is 3.62. The predicted molar refractivity (Wildman–Crippen MR) is 45.8 cm³/mol. The molecule has 58 valence electrons. The maximum Gasteiger partial charge on any atom is 0.0763 e. The first-order valence-electron chi connectivity index (χ1n) is 2.87. The third kappa shape index (κ3) is 1.85. The molecular formula is C7H5Cl2NO. The van der Waals surface area contributed by atoms with Gasteiger partial charge >= 0.3 is 0 Å². The number of hydrogen-bond donors (Lipinski definition) is 1. The van der Waals surface area contributed by atoms with Crippen LogP contribution < -0.4 is 0 Å². The molecule has 2 nitrogen and oxygen atoms in total. The summed E-state index contributed by atoms with van der Waals surface area (Å²) >= 11 is 11.4. The van der Waals surface area contributed by atoms with E-state index in [9.17, 15) is 0 Å². The van der Waals surface area contributed by atoms with E-state index in [1.807, 2.05) is 0 Å². The van der Waals surface area contributed by atoms with Crippen molar-refractivity contribution in [3.8, 4) is 0 Å². The molecule has 0 aliphatic rings. The molecule has 0 saturated carbocycles. The Kier molecular flexibility index (Phi) is 2.74. The lowest BCUT2D eigenvalue weighted by Crippen LogP contribution is -1.83. The summed E-state index contributed by atoms with van der Waals surface area (Å²) < 4.78 is 0. The fourth-order valence-corrected chi connectivity index (χ4v) is 1.19. The molecule has 1 aromatic carbocycles. The molecule has 11 heavy (non-hydrogen) atoms. The molecular weight excluding hydrogens is 185 g/mol. The van der Waals surface area contributed by atoms with Gasteiger partial charge in [0.15, 0.2) is 0 Å². The molecule has 0 aliphatic carbocycles. The zero-order valence-electron chi connectivity index (χ0n) is 5.46. The number of benzene rings is 1. The fourth-order valence-electron chi connectivity index (χ4n) is 0.692. The molecule has 0 heterocycles. The minimum atomic E-state index is 0.468. The van der Waals surface area contributed by atoms with E-state index < -0.39 is 0 Å². The van der Waals surface area contributed by atoms with E-state index in [1.165, 1.54) is 6.21 Å². The van der Waals surface area contributed by atoms with Gasteiger partial charge in [-0.3, -0.25) is 0 Å². The summed E-state index contributed by atoms with van der Waals surface area (Å²) in [6.45, 7) is 0. The Morgan fingerprint density at radius 2 is 1.82 bits per heavy atom. The molecule has 0 spiro atoms. The molecule has 0 amide bonds. The molecule has 0 saturated heterocycles. The third-order valence-corrected chi connectivity index (χ3v) is 1.85. The molecule has 0 unspecified atom stereocenters. The molecule has 4 heteroatoms. The third-order valence-electron chi connectivity index (χ3n) is 1.19. The number of halogens is 2. The summed E-state index contributed by atoms with van der Waals surface area (Å²) in [5.74, 6) is 0. The van der Waals surface area contributed by atoms with Gasteiger partial charge in [0, 0.05) is 5.56 Å². The standard InChI is InChI=1S/C7H5Cl2NO/c8-6-2-1-3-7(9)5(6)4-10-11/h1-4,11H. The average Bonchev–Trinajstić information content (AvgIpc) is 1.97. The molecule has 0 aromatic heterocycles. The van der Waals surface area contributed by atoms with Crippen LogP contribution in [-0.4, -0.2) is 11.4 Å². The van der Waals surface area contributed by atoms with Crippen molar-refractivity contribution < 1.29 is 5.21 Å². The lowest BCUT2D eigenvalue weighted by Gasteiger charge is -1.97. The number of oxime groups is 1. The second-order valence-corrected chi connectivity index (χ2v) is 2.69. The van der Waals surface area contributed by atoms with Crippen LogP contribution in [0.15, 0.2) is 23.4 Å². The van der Waals surface area contributed by atoms with Gasteiger partial charge in [0.25, 0.3) is 0 Å². The second kappa shape index (κ2) is 3.60. The topological polar surface area (TPSA) is 32.6 Å². The molecule has 0 bridgehead atoms. The van der Waals surface area contributed by atoms with Crippen LogP contribution in [0.3, 0.4) is 0 Å². The highest BCUT2D eigenvalue weighted by Gasteiger charge is 2.00. The highest BCUT2D eigenvalue weighted by atomic mass is 35.5. The Labute approximate surface area is 74.0 Å². The van der Waals surface area contributed by atoms with E-state index in [0.29, 0.717) is 15.6 Å². The van der Waals surface area contributed by atoms with Gasteiger partial charge in [0.05, 0.1) is 16.3 Å². The first-order chi connectivity index (χ1) is 5.25. The van der Waals surface area contributed by atoms with E-state index in [1.54, 1.807) is 18.2 Å². The van der Waals surface area contributed by atoms with Gasteiger partial charge < -0.3 is 5.21 Å². The fraction of sp³-hybridized carbons (Fsp3) is 0. The molecule has 1 aromatic rings. The lowest BCUT2D eigenvalue weighted by atomic mass is 10.2. The van der Waals surface area contributed by atoms with Crippen molar-refractivity contribution in [1.29, 1.82) is 0 Å². The van der Waals surface area contributed by atoms with Crippen molar-refractivity contribution in [1.82, 2.24) is 0 Å². The van der Waals surface area contributed by atoms with Crippen LogP contribution in [0.5, 0.6) is 0 Å². The first kappa shape index (κ1) is 8.37. The summed E-state index contributed by atoms with van der Waals surface area (Å²) in [7, 11) is 0. The van der Waals surface area contributed by atoms with Crippen LogP contribution in [0.1, 0.15) is 5.56 Å². The molecule has 0 radical (unpaired) electrons. The van der Waals surface area contributed by atoms with Gasteiger partial charge in [-0.2, -0.15) is 0 Å². The SMILES string of the molecule is ON=Cc1c(Cl)cccc1Cl. The smallest absolute Gasteiger partial charge is 0.0763 e. The van der Waals surface area contributed by atoms with Gasteiger partial charge in [-0.1, -0.05) is 34.4 Å². The van der Waals surface area contributed by atoms with Crippen LogP contribution in [0.4, 0.5) is 0 Å². The van der Waals surface area contributed by atoms with Gasteiger partial charge in [0.1, 0.15) is 0 Å². The quantitative estimate of drug-likeness (QED) is 0.412. The Hall–Kier alpha value is -0.730. The Bertz CT molecular complexity index is 266. The van der Waals surface area contributed by atoms with Crippen molar-refractivity contribution in [3.05, 3.63) is 33.8 Å². The van der Waals surface area contributed by atoms with E-state index >= 15 is 0 Å². The van der Waals surface area contributed by atoms with Gasteiger partial charge in [0.2, 0.25) is 0 Å². The minimum Gasteiger partial charge on any atom is -0.411 e. The molecule has 1 rings (SSSR count). The number of nitrogens with zero attached hydrogens (tertiary/aromatic N) is 1. The minimum absolute atomic E-state index is 0.468. The van der Waals surface area contributed by atoms with Crippen LogP contribution in [0, 0.1) is 0 Å². The summed E-state index contributed by atoms with van der Waals surface area (Å²) in [6, 6.07) is 5.06. The number of rotatable bonds is 1. The van der Waals surface area contributed by atoms with Crippen LogP contribution >= 0.6 is 23.2 Å². The highest BCUT2D eigenvalue weighted by Crippen LogP contribution is 2.21. The van der Waals surface area contributed by atoms with Crippen LogP contribution in [-0.2, 0) is 0 Å². The average molecular weight is 190 g/mol. The van der Waals surface area contributed by atoms with Crippen molar-refractivity contribution in [2.75, 3.05) is 0 Å². The maximum atomic E-state index is 8.22. The zero-order valence-corrected chi connectivity index (χ0v) is 6.97. The summed E-state index contributed by atoms with van der Waals surface area (Å²) in [4.78, 5) is 0. The second-order valence-electron chi connectivity index (χ2n) is 1.88. The summed E-state index contributed by atoms with van der Waals surface area (Å²) in [5, 5.41) is 12.0. The van der Waals surface area contributed by atoms with E-state index in [2.05, 4.69) is 5.16 Å². The Morgan fingerprint density at radius 1 is 1.27 bits per heavy atom. The monoisotopic (exact) mass is 189 g/mol. The van der Waals surface area contributed by atoms with Gasteiger partial charge in [-0.25, -0.2) is 0 Å². The van der Waals surface area contributed by atoms with Gasteiger partial charge in [-0.15, -0.1) is 0 Å². The van der Waals surface area contributed by atoms with E-state index in [4.69, 9.17) is 28.4 Å². The number of hydrogen-bond acceptors (Lipinski definition) is 2. The lowest BCUT2D eigenvalue weighted by molar-refractivity contribution is 0.322. The highest BCUT2D eigenvalue weighted by molar-refractivity contribution is 6.38. The molecule has 0 atom stereocenters. The van der Waals surface area contributed by atoms with E-state index in [0.717, 1.165) is 0 Å². The summed E-state index contributed by atoms with van der Waals surface area (Å²) in [5.41, 5.74) is 0.526. The summed E-state index contributed by atoms with van der Waals surface area (Å²) in [6.07, 6.45) is 1.20. The molecule has 1 N–H and O–H groups in total. The largest absolute Gasteiger partial charge is 0.411 e. The Balaban J connectivity index is 3.20. The van der Waals surface area contributed by atoms with Crippen molar-refractivity contribution in [2.45, 2.75) is 0 Å². The van der Waals surface area contributed by atoms with Crippen molar-refractivity contribution >= 4 is 29.4 Å². The Morgan fingerprint density at radius 3 is 2.27 bits per heavy atom. The van der Waals surface area contributed by atoms with Crippen molar-refractivity contribution in [3.63, 3.8) is 0 Å². The maximum absolute atomic E-state index is 8.22. The van der Waals surface area contributed by atoms with E-state index in [-0.39, 0.29) is 0 Å². The zero-order chi connectivity index (χ0) is 8.27. The molecule has 0 fully saturated rings. The van der Waals surface area contributed by atoms with Gasteiger partial charge in [-0.05, 0) is 12.1 Å². The van der Waals surface area contributed by atoms with Crippen LogP contribution in [0.2, 0.25) is 10.0 Å². The van der Waals surface area contributed by atoms with Crippen LogP contribution in [0.25, 0.3) is 0 Å².